The highest BCUT2D eigenvalue weighted by Gasteiger charge is 2.55. The maximum absolute atomic E-state index is 2.51. The maximum Gasteiger partial charge on any atom is -0.00239 e. The van der Waals surface area contributed by atoms with Crippen LogP contribution in [0.2, 0.25) is 0 Å². The van der Waals surface area contributed by atoms with Gasteiger partial charge in [-0.2, -0.15) is 0 Å². The van der Waals surface area contributed by atoms with Crippen molar-refractivity contribution in [2.45, 2.75) is 32.1 Å². The summed E-state index contributed by atoms with van der Waals surface area (Å²) in [6, 6.07) is 32.3. The van der Waals surface area contributed by atoms with Crippen LogP contribution >= 0.6 is 0 Å². The van der Waals surface area contributed by atoms with Crippen LogP contribution in [0.4, 0.5) is 0 Å². The van der Waals surface area contributed by atoms with Crippen molar-refractivity contribution in [3.8, 4) is 0 Å². The van der Waals surface area contributed by atoms with E-state index < -0.39 is 0 Å². The van der Waals surface area contributed by atoms with Gasteiger partial charge in [0.1, 0.15) is 0 Å². The van der Waals surface area contributed by atoms with Gasteiger partial charge in [0.2, 0.25) is 0 Å². The van der Waals surface area contributed by atoms with Crippen LogP contribution < -0.4 is 0 Å². The summed E-state index contributed by atoms with van der Waals surface area (Å²) in [6.07, 6.45) is 1.38. The van der Waals surface area contributed by atoms with Gasteiger partial charge < -0.3 is 0 Å². The molecule has 2 saturated carbocycles. The van der Waals surface area contributed by atoms with E-state index >= 15 is 0 Å². The topological polar surface area (TPSA) is 0 Å². The molecule has 0 heterocycles. The summed E-state index contributed by atoms with van der Waals surface area (Å²) >= 11 is 0. The van der Waals surface area contributed by atoms with Crippen LogP contribution in [0.15, 0.2) is 84.9 Å². The summed E-state index contributed by atoms with van der Waals surface area (Å²) in [4.78, 5) is 0. The second kappa shape index (κ2) is 6.33. The summed E-state index contributed by atoms with van der Waals surface area (Å²) < 4.78 is 0. The van der Waals surface area contributed by atoms with Crippen LogP contribution in [-0.2, 0) is 0 Å². The van der Waals surface area contributed by atoms with Crippen LogP contribution in [0, 0.1) is 23.7 Å². The Bertz CT molecular complexity index is 1400. The van der Waals surface area contributed by atoms with Crippen molar-refractivity contribution < 1.29 is 0 Å². The average molecular weight is 401 g/mol. The lowest BCUT2D eigenvalue weighted by Gasteiger charge is -2.40. The van der Waals surface area contributed by atoms with Gasteiger partial charge in [-0.3, -0.25) is 0 Å². The number of hydrogen-bond acceptors (Lipinski definition) is 0. The summed E-state index contributed by atoms with van der Waals surface area (Å²) in [5, 5.41) is 8.51. The van der Waals surface area contributed by atoms with Crippen molar-refractivity contribution in [2.24, 2.45) is 23.7 Å². The lowest BCUT2D eigenvalue weighted by molar-refractivity contribution is 0.205. The molecule has 0 aromatic heterocycles. The summed E-state index contributed by atoms with van der Waals surface area (Å²) in [6.45, 7) is 5.02. The minimum Gasteiger partial charge on any atom is -0.0622 e. The molecule has 0 radical (unpaired) electrons. The highest BCUT2D eigenvalue weighted by atomic mass is 14.6. The zero-order chi connectivity index (χ0) is 20.7. The quantitative estimate of drug-likeness (QED) is 0.261. The van der Waals surface area contributed by atoms with Crippen molar-refractivity contribution in [3.05, 3.63) is 96.1 Å². The lowest BCUT2D eigenvalue weighted by atomic mass is 9.64. The van der Waals surface area contributed by atoms with Gasteiger partial charge in [-0.15, -0.1) is 0 Å². The molecule has 7 rings (SSSR count). The minimum absolute atomic E-state index is 0.614. The van der Waals surface area contributed by atoms with Crippen LogP contribution in [0.3, 0.4) is 0 Å². The third-order valence-electron chi connectivity index (χ3n) is 9.14. The van der Waals surface area contributed by atoms with E-state index in [-0.39, 0.29) is 0 Å². The Balaban J connectivity index is 1.51. The molecule has 0 saturated heterocycles. The molecule has 5 aromatic carbocycles. The molecular weight excluding hydrogens is 372 g/mol. The predicted molar refractivity (Wildman–Crippen MR) is 132 cm³/mol. The van der Waals surface area contributed by atoms with E-state index in [0.717, 1.165) is 23.7 Å². The highest BCUT2D eigenvalue weighted by molar-refractivity contribution is 6.23. The Hall–Kier alpha value is -2.86. The van der Waals surface area contributed by atoms with Crippen LogP contribution in [0.1, 0.15) is 43.2 Å². The second-order valence-corrected chi connectivity index (χ2v) is 10.3. The van der Waals surface area contributed by atoms with E-state index in [1.807, 2.05) is 0 Å². The molecule has 6 atom stereocenters. The Morgan fingerprint density at radius 2 is 1.16 bits per heavy atom. The fourth-order valence-electron chi connectivity index (χ4n) is 7.61. The summed E-state index contributed by atoms with van der Waals surface area (Å²) in [7, 11) is 0. The van der Waals surface area contributed by atoms with Crippen LogP contribution in [0.25, 0.3) is 32.3 Å². The van der Waals surface area contributed by atoms with Gasteiger partial charge >= 0.3 is 0 Å². The van der Waals surface area contributed by atoms with E-state index in [4.69, 9.17) is 0 Å². The van der Waals surface area contributed by atoms with Gasteiger partial charge in [0.05, 0.1) is 0 Å². The van der Waals surface area contributed by atoms with Crippen molar-refractivity contribution in [1.82, 2.24) is 0 Å². The molecule has 0 nitrogen and oxygen atoms in total. The van der Waals surface area contributed by atoms with Crippen LogP contribution in [-0.4, -0.2) is 0 Å². The van der Waals surface area contributed by atoms with Crippen molar-refractivity contribution >= 4 is 32.3 Å². The predicted octanol–water partition coefficient (Wildman–Crippen LogP) is 8.37. The monoisotopic (exact) mass is 400 g/mol. The number of benzene rings is 5. The molecule has 2 bridgehead atoms. The molecule has 152 valence electrons. The van der Waals surface area contributed by atoms with E-state index in [9.17, 15) is 0 Å². The number of rotatable bonds is 2. The van der Waals surface area contributed by atoms with Crippen LogP contribution in [0.5, 0.6) is 0 Å². The molecular formula is C31H28. The molecule has 6 unspecified atom stereocenters. The normalized spacial score (nSPS) is 30.1. The summed E-state index contributed by atoms with van der Waals surface area (Å²) in [5.74, 6) is 4.44. The molecule has 2 aliphatic carbocycles. The maximum atomic E-state index is 2.51. The molecule has 5 aromatic rings. The van der Waals surface area contributed by atoms with E-state index in [2.05, 4.69) is 98.8 Å². The largest absolute Gasteiger partial charge is 0.0622 e. The zero-order valence-electron chi connectivity index (χ0n) is 18.3. The fraction of sp³-hybridized carbons (Fsp3) is 0.290. The number of hydrogen-bond donors (Lipinski definition) is 0. The standard InChI is InChI=1S/C31H28/c1-18-19(2)27-17-26(18)30(20-7-4-3-5-8-20)31(27)25-16-14-23-12-11-21-9-6-10-22-13-15-24(25)29(23)28(21)22/h3-16,18-19,26-27,30-31H,17H2,1-2H3. The lowest BCUT2D eigenvalue weighted by Crippen LogP contribution is -2.30. The van der Waals surface area contributed by atoms with Gasteiger partial charge in [0.15, 0.2) is 0 Å². The SMILES string of the molecule is CC1C(C)C2CC1C(c1ccccc1)C2c1ccc2ccc3cccc4ccc1c2c34. The molecule has 31 heavy (non-hydrogen) atoms. The van der Waals surface area contributed by atoms with E-state index in [0.29, 0.717) is 11.8 Å². The first-order chi connectivity index (χ1) is 15.2. The molecule has 2 aliphatic rings. The Labute approximate surface area is 184 Å². The van der Waals surface area contributed by atoms with Gasteiger partial charge in [0, 0.05) is 0 Å². The first-order valence-corrected chi connectivity index (χ1v) is 11.9. The van der Waals surface area contributed by atoms with E-state index in [1.54, 1.807) is 11.1 Å². The zero-order valence-corrected chi connectivity index (χ0v) is 18.3. The third kappa shape index (κ3) is 2.31. The van der Waals surface area contributed by atoms with Crippen molar-refractivity contribution in [2.75, 3.05) is 0 Å². The average Bonchev–Trinajstić information content (AvgIpc) is 3.34. The first kappa shape index (κ1) is 17.8. The van der Waals surface area contributed by atoms with Gasteiger partial charge in [-0.05, 0) is 85.4 Å². The molecule has 0 aliphatic heterocycles. The van der Waals surface area contributed by atoms with Gasteiger partial charge in [0.25, 0.3) is 0 Å². The van der Waals surface area contributed by atoms with Crippen molar-refractivity contribution in [1.29, 1.82) is 0 Å². The Kier molecular flexibility index (Phi) is 3.63. The second-order valence-electron chi connectivity index (χ2n) is 10.3. The third-order valence-corrected chi connectivity index (χ3v) is 9.14. The minimum atomic E-state index is 0.614. The van der Waals surface area contributed by atoms with Crippen molar-refractivity contribution in [3.63, 3.8) is 0 Å². The van der Waals surface area contributed by atoms with E-state index in [1.165, 1.54) is 38.7 Å². The summed E-state index contributed by atoms with van der Waals surface area (Å²) in [5.41, 5.74) is 3.13. The van der Waals surface area contributed by atoms with Gasteiger partial charge in [-0.25, -0.2) is 0 Å². The molecule has 2 fully saturated rings. The number of fused-ring (bicyclic) bond motifs is 2. The molecule has 0 amide bonds. The molecule has 0 heteroatoms. The van der Waals surface area contributed by atoms with Gasteiger partial charge in [-0.1, -0.05) is 98.8 Å². The fourth-order valence-corrected chi connectivity index (χ4v) is 7.61. The first-order valence-electron chi connectivity index (χ1n) is 11.9. The highest BCUT2D eigenvalue weighted by Crippen LogP contribution is 2.65. The molecule has 0 N–H and O–H groups in total. The smallest absolute Gasteiger partial charge is 0.00239 e. The Morgan fingerprint density at radius 3 is 1.90 bits per heavy atom. The molecule has 0 spiro atoms. The Morgan fingerprint density at radius 1 is 0.548 bits per heavy atom.